The molecule has 1 aromatic heterocycles. The Balaban J connectivity index is 2.06. The minimum atomic E-state index is -0.920. The summed E-state index contributed by atoms with van der Waals surface area (Å²) in [6, 6.07) is 11.1. The zero-order valence-electron chi connectivity index (χ0n) is 11.3. The number of nitrogens with one attached hydrogen (secondary N) is 1. The summed E-state index contributed by atoms with van der Waals surface area (Å²) in [5.41, 5.74) is 0.0359. The number of benzene rings is 1. The fourth-order valence-corrected chi connectivity index (χ4v) is 2.61. The van der Waals surface area contributed by atoms with Crippen LogP contribution in [-0.4, -0.2) is 22.0 Å². The van der Waals surface area contributed by atoms with E-state index >= 15 is 0 Å². The number of amides is 2. The van der Waals surface area contributed by atoms with Crippen LogP contribution in [0, 0.1) is 11.3 Å². The number of hydrogen-bond donors (Lipinski definition) is 1. The van der Waals surface area contributed by atoms with Crippen molar-refractivity contribution in [2.24, 2.45) is 0 Å². The normalized spacial score (nSPS) is 21.6. The molecule has 6 nitrogen and oxygen atoms in total. The second kappa shape index (κ2) is 4.56. The molecule has 0 radical (unpaired) electrons. The maximum absolute atomic E-state index is 12.8. The second-order valence-corrected chi connectivity index (χ2v) is 5.15. The summed E-state index contributed by atoms with van der Waals surface area (Å²) in [5.74, 6) is -0.543. The van der Waals surface area contributed by atoms with Gasteiger partial charge in [-0.25, -0.2) is 4.90 Å². The molecule has 1 aromatic carbocycles. The van der Waals surface area contributed by atoms with Gasteiger partial charge in [0.25, 0.3) is 0 Å². The van der Waals surface area contributed by atoms with Crippen LogP contribution in [0.15, 0.2) is 36.5 Å². The van der Waals surface area contributed by atoms with Gasteiger partial charge in [0, 0.05) is 6.42 Å². The van der Waals surface area contributed by atoms with E-state index in [-0.39, 0.29) is 29.6 Å². The van der Waals surface area contributed by atoms with Gasteiger partial charge in [0.2, 0.25) is 11.8 Å². The Morgan fingerprint density at radius 2 is 2.05 bits per heavy atom. The Morgan fingerprint density at radius 3 is 2.71 bits per heavy atom. The summed E-state index contributed by atoms with van der Waals surface area (Å²) in [7, 11) is 0. The fourth-order valence-electron chi connectivity index (χ4n) is 2.61. The molecule has 2 heterocycles. The fraction of sp³-hybridized carbons (Fsp3) is 0.200. The number of aromatic nitrogens is 2. The van der Waals surface area contributed by atoms with E-state index in [0.29, 0.717) is 0 Å². The Bertz CT molecular complexity index is 759. The van der Waals surface area contributed by atoms with Crippen LogP contribution in [0.3, 0.4) is 0 Å². The van der Waals surface area contributed by atoms with Gasteiger partial charge in [-0.1, -0.05) is 30.3 Å². The van der Waals surface area contributed by atoms with Crippen LogP contribution in [0.1, 0.15) is 24.5 Å². The number of aromatic amines is 1. The summed E-state index contributed by atoms with van der Waals surface area (Å²) < 4.78 is 0. The number of H-pyrrole nitrogens is 1. The number of anilines is 1. The molecule has 1 saturated heterocycles. The van der Waals surface area contributed by atoms with Gasteiger partial charge in [-0.15, -0.1) is 0 Å². The lowest BCUT2D eigenvalue weighted by atomic mass is 9.81. The van der Waals surface area contributed by atoms with Crippen molar-refractivity contribution in [2.75, 3.05) is 4.90 Å². The zero-order chi connectivity index (χ0) is 15.0. The topological polar surface area (TPSA) is 89.8 Å². The van der Waals surface area contributed by atoms with Crippen molar-refractivity contribution in [2.45, 2.75) is 18.8 Å². The van der Waals surface area contributed by atoms with Crippen LogP contribution >= 0.6 is 0 Å². The van der Waals surface area contributed by atoms with E-state index < -0.39 is 5.41 Å². The molecule has 2 amide bonds. The molecule has 0 bridgehead atoms. The van der Waals surface area contributed by atoms with Crippen molar-refractivity contribution < 1.29 is 9.59 Å². The average Bonchev–Trinajstić information content (AvgIpc) is 3.04. The number of rotatable bonds is 2. The van der Waals surface area contributed by atoms with Crippen molar-refractivity contribution in [1.29, 1.82) is 5.26 Å². The molecule has 6 heteroatoms. The SMILES string of the molecule is CC1(c2ccccc2)CC(=O)N(c2[nH]ncc2C#N)C1=O. The monoisotopic (exact) mass is 280 g/mol. The molecule has 2 aromatic rings. The number of nitrogens with zero attached hydrogens (tertiary/aromatic N) is 3. The first kappa shape index (κ1) is 13.1. The lowest BCUT2D eigenvalue weighted by Gasteiger charge is -2.22. The molecule has 0 saturated carbocycles. The van der Waals surface area contributed by atoms with Crippen LogP contribution in [-0.2, 0) is 15.0 Å². The number of carbonyl (C=O) groups is 2. The predicted molar refractivity (Wildman–Crippen MR) is 74.2 cm³/mol. The first-order valence-corrected chi connectivity index (χ1v) is 6.44. The number of nitriles is 1. The summed E-state index contributed by atoms with van der Waals surface area (Å²) >= 11 is 0. The Kier molecular flexibility index (Phi) is 2.84. The van der Waals surface area contributed by atoms with E-state index in [2.05, 4.69) is 10.2 Å². The molecule has 1 atom stereocenters. The number of hydrogen-bond acceptors (Lipinski definition) is 4. The Hall–Kier alpha value is -2.94. The van der Waals surface area contributed by atoms with Crippen molar-refractivity contribution in [1.82, 2.24) is 10.2 Å². The van der Waals surface area contributed by atoms with Crippen LogP contribution in [0.4, 0.5) is 5.82 Å². The molecule has 0 aliphatic carbocycles. The molecule has 1 aliphatic rings. The van der Waals surface area contributed by atoms with Gasteiger partial charge in [0.05, 0.1) is 11.6 Å². The van der Waals surface area contributed by atoms with E-state index in [4.69, 9.17) is 5.26 Å². The summed E-state index contributed by atoms with van der Waals surface area (Å²) in [4.78, 5) is 26.1. The maximum atomic E-state index is 12.8. The van der Waals surface area contributed by atoms with E-state index in [9.17, 15) is 9.59 Å². The lowest BCUT2D eigenvalue weighted by molar-refractivity contribution is -0.122. The van der Waals surface area contributed by atoms with Crippen molar-refractivity contribution in [3.8, 4) is 6.07 Å². The molecule has 1 aliphatic heterocycles. The molecule has 21 heavy (non-hydrogen) atoms. The highest BCUT2D eigenvalue weighted by molar-refractivity contribution is 6.24. The van der Waals surface area contributed by atoms with E-state index in [0.717, 1.165) is 10.5 Å². The van der Waals surface area contributed by atoms with Crippen molar-refractivity contribution in [3.63, 3.8) is 0 Å². The van der Waals surface area contributed by atoms with Gasteiger partial charge in [0.1, 0.15) is 11.6 Å². The highest BCUT2D eigenvalue weighted by Crippen LogP contribution is 2.38. The van der Waals surface area contributed by atoms with Crippen LogP contribution in [0.2, 0.25) is 0 Å². The van der Waals surface area contributed by atoms with Gasteiger partial charge < -0.3 is 0 Å². The van der Waals surface area contributed by atoms with Gasteiger partial charge in [-0.3, -0.25) is 14.7 Å². The van der Waals surface area contributed by atoms with Crippen LogP contribution in [0.5, 0.6) is 0 Å². The Morgan fingerprint density at radius 1 is 1.33 bits per heavy atom. The van der Waals surface area contributed by atoms with Gasteiger partial charge in [-0.2, -0.15) is 10.4 Å². The molecular weight excluding hydrogens is 268 g/mol. The van der Waals surface area contributed by atoms with Crippen molar-refractivity contribution in [3.05, 3.63) is 47.7 Å². The van der Waals surface area contributed by atoms with Gasteiger partial charge in [-0.05, 0) is 12.5 Å². The predicted octanol–water partition coefficient (Wildman–Crippen LogP) is 1.50. The highest BCUT2D eigenvalue weighted by atomic mass is 16.2. The highest BCUT2D eigenvalue weighted by Gasteiger charge is 2.50. The Labute approximate surface area is 121 Å². The van der Waals surface area contributed by atoms with Gasteiger partial charge in [0.15, 0.2) is 5.82 Å². The molecule has 1 unspecified atom stereocenters. The average molecular weight is 280 g/mol. The molecule has 104 valence electrons. The molecule has 1 fully saturated rings. The summed E-state index contributed by atoms with van der Waals surface area (Å²) in [5, 5.41) is 15.3. The summed E-state index contributed by atoms with van der Waals surface area (Å²) in [6.45, 7) is 1.74. The van der Waals surface area contributed by atoms with Crippen LogP contribution < -0.4 is 4.90 Å². The first-order chi connectivity index (χ1) is 10.1. The first-order valence-electron chi connectivity index (χ1n) is 6.44. The summed E-state index contributed by atoms with van der Waals surface area (Å²) in [6.07, 6.45) is 1.37. The van der Waals surface area contributed by atoms with E-state index in [1.165, 1.54) is 6.20 Å². The zero-order valence-corrected chi connectivity index (χ0v) is 11.3. The third-order valence-electron chi connectivity index (χ3n) is 3.80. The third kappa shape index (κ3) is 1.82. The smallest absolute Gasteiger partial charge is 0.245 e. The standard InChI is InChI=1S/C15H12N4O2/c1-15(11-5-3-2-4-6-11)7-12(20)19(14(15)21)13-10(8-16)9-17-18-13/h2-6,9H,7H2,1H3,(H,17,18). The second-order valence-electron chi connectivity index (χ2n) is 5.15. The number of carbonyl (C=O) groups excluding carboxylic acids is 2. The molecular formula is C15H12N4O2. The minimum Gasteiger partial charge on any atom is -0.274 e. The molecule has 0 spiro atoms. The number of imide groups is 1. The van der Waals surface area contributed by atoms with Crippen LogP contribution in [0.25, 0.3) is 0 Å². The van der Waals surface area contributed by atoms with Crippen molar-refractivity contribution >= 4 is 17.6 Å². The quantitative estimate of drug-likeness (QED) is 0.844. The van der Waals surface area contributed by atoms with E-state index in [1.54, 1.807) is 6.92 Å². The molecule has 1 N–H and O–H groups in total. The largest absolute Gasteiger partial charge is 0.274 e. The van der Waals surface area contributed by atoms with Gasteiger partial charge >= 0.3 is 0 Å². The minimum absolute atomic E-state index is 0.0692. The van der Waals surface area contributed by atoms with E-state index in [1.807, 2.05) is 36.4 Å². The molecule has 3 rings (SSSR count). The maximum Gasteiger partial charge on any atom is 0.245 e. The lowest BCUT2D eigenvalue weighted by Crippen LogP contribution is -2.37. The third-order valence-corrected chi connectivity index (χ3v) is 3.80.